The highest BCUT2D eigenvalue weighted by Gasteiger charge is 2.08. The molecule has 0 aliphatic heterocycles. The Labute approximate surface area is 91.9 Å². The minimum Gasteiger partial charge on any atom is -0.142 e. The molecule has 13 heavy (non-hydrogen) atoms. The van der Waals surface area contributed by atoms with Crippen molar-refractivity contribution in [1.29, 1.82) is 0 Å². The highest BCUT2D eigenvalue weighted by molar-refractivity contribution is 7.80. The lowest BCUT2D eigenvalue weighted by atomic mass is 10.1. The van der Waals surface area contributed by atoms with Crippen molar-refractivity contribution in [3.63, 3.8) is 0 Å². The monoisotopic (exact) mass is 228 g/mol. The Kier molecular flexibility index (Phi) is 2.54. The van der Waals surface area contributed by atoms with Gasteiger partial charge in [-0.25, -0.2) is 0 Å². The maximum atomic E-state index is 5.84. The van der Waals surface area contributed by atoms with Crippen LogP contribution in [0.5, 0.6) is 0 Å². The Morgan fingerprint density at radius 2 is 2.23 bits per heavy atom. The van der Waals surface area contributed by atoms with Crippen LogP contribution in [-0.2, 0) is 5.88 Å². The van der Waals surface area contributed by atoms with Gasteiger partial charge in [-0.15, -0.1) is 35.6 Å². The van der Waals surface area contributed by atoms with Crippen molar-refractivity contribution in [3.05, 3.63) is 28.6 Å². The molecular formula is C10H9ClS2. The number of thiophene rings is 1. The van der Waals surface area contributed by atoms with Crippen molar-refractivity contribution in [2.75, 3.05) is 0 Å². The van der Waals surface area contributed by atoms with Crippen LogP contribution in [0, 0.1) is 6.92 Å². The predicted octanol–water partition coefficient (Wildman–Crippen LogP) is 4.24. The van der Waals surface area contributed by atoms with Crippen LogP contribution >= 0.6 is 35.6 Å². The van der Waals surface area contributed by atoms with E-state index in [2.05, 4.69) is 25.6 Å². The highest BCUT2D eigenvalue weighted by Crippen LogP contribution is 2.35. The van der Waals surface area contributed by atoms with Gasteiger partial charge in [0.25, 0.3) is 0 Å². The molecule has 0 saturated carbocycles. The second-order valence-electron chi connectivity index (χ2n) is 2.94. The van der Waals surface area contributed by atoms with Crippen molar-refractivity contribution in [2.24, 2.45) is 0 Å². The molecule has 1 heterocycles. The van der Waals surface area contributed by atoms with Gasteiger partial charge in [0.1, 0.15) is 0 Å². The van der Waals surface area contributed by atoms with Gasteiger partial charge in [0.2, 0.25) is 0 Å². The minimum atomic E-state index is 0.596. The van der Waals surface area contributed by atoms with E-state index in [1.807, 2.05) is 12.1 Å². The number of fused-ring (bicyclic) bond motifs is 1. The first-order chi connectivity index (χ1) is 6.24. The van der Waals surface area contributed by atoms with Crippen LogP contribution in [0.1, 0.15) is 10.4 Å². The van der Waals surface area contributed by atoms with Crippen molar-refractivity contribution in [1.82, 2.24) is 0 Å². The lowest BCUT2D eigenvalue weighted by Gasteiger charge is -1.93. The summed E-state index contributed by atoms with van der Waals surface area (Å²) < 4.78 is 1.25. The van der Waals surface area contributed by atoms with E-state index in [-0.39, 0.29) is 0 Å². The molecule has 0 amide bonds. The van der Waals surface area contributed by atoms with Gasteiger partial charge in [0, 0.05) is 14.5 Å². The van der Waals surface area contributed by atoms with Gasteiger partial charge in [-0.2, -0.15) is 0 Å². The third-order valence-electron chi connectivity index (χ3n) is 2.16. The molecule has 1 aromatic heterocycles. The standard InChI is InChI=1S/C10H9ClS2/c1-6-7-3-2-4-8(12)10(7)13-9(6)5-11/h2-4,12H,5H2,1H3. The molecule has 68 valence electrons. The van der Waals surface area contributed by atoms with E-state index in [0.29, 0.717) is 5.88 Å². The Bertz CT molecular complexity index is 445. The first kappa shape index (κ1) is 9.38. The molecule has 0 spiro atoms. The van der Waals surface area contributed by atoms with Crippen molar-refractivity contribution in [3.8, 4) is 0 Å². The lowest BCUT2D eigenvalue weighted by Crippen LogP contribution is -1.73. The largest absolute Gasteiger partial charge is 0.142 e. The summed E-state index contributed by atoms with van der Waals surface area (Å²) >= 11 is 12.0. The van der Waals surface area contributed by atoms with Crippen LogP contribution in [0.2, 0.25) is 0 Å². The number of alkyl halides is 1. The number of aryl methyl sites for hydroxylation is 1. The summed E-state index contributed by atoms with van der Waals surface area (Å²) in [5, 5.41) is 1.29. The van der Waals surface area contributed by atoms with E-state index in [4.69, 9.17) is 11.6 Å². The third-order valence-corrected chi connectivity index (χ3v) is 4.45. The third kappa shape index (κ3) is 1.47. The number of hydrogen-bond donors (Lipinski definition) is 1. The molecule has 0 N–H and O–H groups in total. The summed E-state index contributed by atoms with van der Waals surface area (Å²) in [5.74, 6) is 0.596. The van der Waals surface area contributed by atoms with E-state index in [1.54, 1.807) is 11.3 Å². The van der Waals surface area contributed by atoms with Crippen molar-refractivity contribution in [2.45, 2.75) is 17.7 Å². The molecule has 0 nitrogen and oxygen atoms in total. The highest BCUT2D eigenvalue weighted by atomic mass is 35.5. The van der Waals surface area contributed by atoms with Gasteiger partial charge in [-0.05, 0) is 23.9 Å². The molecule has 0 fully saturated rings. The summed E-state index contributed by atoms with van der Waals surface area (Å²) in [6, 6.07) is 6.17. The predicted molar refractivity (Wildman–Crippen MR) is 63.4 cm³/mol. The molecule has 0 unspecified atom stereocenters. The molecular weight excluding hydrogens is 220 g/mol. The summed E-state index contributed by atoms with van der Waals surface area (Å²) in [5.41, 5.74) is 1.30. The summed E-state index contributed by atoms with van der Waals surface area (Å²) in [6.45, 7) is 2.11. The fourth-order valence-electron chi connectivity index (χ4n) is 1.40. The van der Waals surface area contributed by atoms with E-state index < -0.39 is 0 Å². The van der Waals surface area contributed by atoms with Crippen LogP contribution in [-0.4, -0.2) is 0 Å². The van der Waals surface area contributed by atoms with E-state index >= 15 is 0 Å². The van der Waals surface area contributed by atoms with E-state index in [9.17, 15) is 0 Å². The topological polar surface area (TPSA) is 0 Å². The zero-order chi connectivity index (χ0) is 9.42. The molecule has 0 saturated heterocycles. The molecule has 0 radical (unpaired) electrons. The molecule has 0 bridgehead atoms. The maximum absolute atomic E-state index is 5.84. The van der Waals surface area contributed by atoms with Gasteiger partial charge >= 0.3 is 0 Å². The average Bonchev–Trinajstić information content (AvgIpc) is 2.45. The Morgan fingerprint density at radius 3 is 2.85 bits per heavy atom. The number of hydrogen-bond acceptors (Lipinski definition) is 2. The van der Waals surface area contributed by atoms with Gasteiger partial charge < -0.3 is 0 Å². The number of halogens is 1. The quantitative estimate of drug-likeness (QED) is 0.548. The summed E-state index contributed by atoms with van der Waals surface area (Å²) in [4.78, 5) is 2.29. The Morgan fingerprint density at radius 1 is 1.46 bits per heavy atom. The second kappa shape index (κ2) is 3.52. The molecule has 0 aliphatic carbocycles. The molecule has 1 aromatic carbocycles. The fourth-order valence-corrected chi connectivity index (χ4v) is 3.18. The smallest absolute Gasteiger partial charge is 0.0571 e. The SMILES string of the molecule is Cc1c(CCl)sc2c(S)cccc12. The van der Waals surface area contributed by atoms with Crippen LogP contribution in [0.4, 0.5) is 0 Å². The van der Waals surface area contributed by atoms with Gasteiger partial charge in [0.15, 0.2) is 0 Å². The van der Waals surface area contributed by atoms with E-state index in [1.165, 1.54) is 20.5 Å². The fraction of sp³-hybridized carbons (Fsp3) is 0.200. The maximum Gasteiger partial charge on any atom is 0.0571 e. The molecule has 0 atom stereocenters. The number of thiol groups is 1. The van der Waals surface area contributed by atoms with Crippen LogP contribution < -0.4 is 0 Å². The zero-order valence-corrected chi connectivity index (χ0v) is 9.64. The molecule has 2 aromatic rings. The molecule has 2 rings (SSSR count). The van der Waals surface area contributed by atoms with Gasteiger partial charge in [0.05, 0.1) is 5.88 Å². The lowest BCUT2D eigenvalue weighted by molar-refractivity contribution is 1.42. The minimum absolute atomic E-state index is 0.596. The first-order valence-electron chi connectivity index (χ1n) is 4.00. The van der Waals surface area contributed by atoms with Crippen molar-refractivity contribution >= 4 is 45.7 Å². The number of rotatable bonds is 1. The van der Waals surface area contributed by atoms with Crippen LogP contribution in [0.15, 0.2) is 23.1 Å². The molecule has 3 heteroatoms. The van der Waals surface area contributed by atoms with E-state index in [0.717, 1.165) is 4.90 Å². The zero-order valence-electron chi connectivity index (χ0n) is 7.17. The average molecular weight is 229 g/mol. The molecule has 0 aliphatic rings. The van der Waals surface area contributed by atoms with Crippen LogP contribution in [0.25, 0.3) is 10.1 Å². The second-order valence-corrected chi connectivity index (χ2v) is 4.79. The Balaban J connectivity index is 2.83. The normalized spacial score (nSPS) is 11.0. The Hall–Kier alpha value is -0.180. The van der Waals surface area contributed by atoms with Gasteiger partial charge in [-0.3, -0.25) is 0 Å². The van der Waals surface area contributed by atoms with Gasteiger partial charge in [-0.1, -0.05) is 12.1 Å². The van der Waals surface area contributed by atoms with Crippen LogP contribution in [0.3, 0.4) is 0 Å². The summed E-state index contributed by atoms with van der Waals surface area (Å²) in [6.07, 6.45) is 0. The number of benzene rings is 1. The van der Waals surface area contributed by atoms with Crippen molar-refractivity contribution < 1.29 is 0 Å². The first-order valence-corrected chi connectivity index (χ1v) is 5.79. The summed E-state index contributed by atoms with van der Waals surface area (Å²) in [7, 11) is 0.